The van der Waals surface area contributed by atoms with Crippen molar-refractivity contribution in [2.45, 2.75) is 13.1 Å². The highest BCUT2D eigenvalue weighted by Crippen LogP contribution is 2.27. The Kier molecular flexibility index (Phi) is 5.04. The van der Waals surface area contributed by atoms with E-state index in [1.807, 2.05) is 13.0 Å². The zero-order valence-electron chi connectivity index (χ0n) is 10.0. The largest absolute Gasteiger partial charge is 0.409 e. The Bertz CT molecular complexity index is 456. The van der Waals surface area contributed by atoms with E-state index in [0.717, 1.165) is 10.0 Å². The van der Waals surface area contributed by atoms with Gasteiger partial charge in [0.05, 0.1) is 0 Å². The number of nitrogens with two attached hydrogens (primary N) is 1. The predicted octanol–water partition coefficient (Wildman–Crippen LogP) is 3.09. The molecule has 8 heteroatoms. The fourth-order valence-electron chi connectivity index (χ4n) is 1.52. The summed E-state index contributed by atoms with van der Waals surface area (Å²) in [4.78, 5) is 0. The SMILES string of the molecule is Cc1cc(Br)cc(NCC(/C(N)=N/O)C(F)(F)F)c1. The molecule has 1 aromatic carbocycles. The van der Waals surface area contributed by atoms with Crippen LogP contribution in [0, 0.1) is 12.8 Å². The minimum absolute atomic E-state index is 0.505. The maximum absolute atomic E-state index is 12.7. The second kappa shape index (κ2) is 6.14. The highest BCUT2D eigenvalue weighted by molar-refractivity contribution is 9.10. The minimum atomic E-state index is -4.58. The predicted molar refractivity (Wildman–Crippen MR) is 70.3 cm³/mol. The molecule has 4 nitrogen and oxygen atoms in total. The summed E-state index contributed by atoms with van der Waals surface area (Å²) >= 11 is 3.25. The molecule has 0 aliphatic rings. The molecule has 1 atom stereocenters. The van der Waals surface area contributed by atoms with Crippen LogP contribution in [0.5, 0.6) is 0 Å². The van der Waals surface area contributed by atoms with Crippen LogP contribution in [0.25, 0.3) is 0 Å². The van der Waals surface area contributed by atoms with E-state index >= 15 is 0 Å². The second-order valence-electron chi connectivity index (χ2n) is 4.02. The molecule has 1 unspecified atom stereocenters. The van der Waals surface area contributed by atoms with Crippen molar-refractivity contribution in [3.63, 3.8) is 0 Å². The Labute approximate surface area is 116 Å². The molecule has 1 aromatic rings. The van der Waals surface area contributed by atoms with Gasteiger partial charge in [0.15, 0.2) is 5.84 Å². The number of hydrogen-bond acceptors (Lipinski definition) is 3. The molecular formula is C11H13BrF3N3O. The lowest BCUT2D eigenvalue weighted by molar-refractivity contribution is -0.152. The molecule has 1 rings (SSSR count). The quantitative estimate of drug-likeness (QED) is 0.341. The molecule has 0 saturated heterocycles. The molecule has 0 bridgehead atoms. The Morgan fingerprint density at radius 1 is 1.47 bits per heavy atom. The van der Waals surface area contributed by atoms with Crippen LogP contribution < -0.4 is 11.1 Å². The average molecular weight is 340 g/mol. The molecule has 0 amide bonds. The highest BCUT2D eigenvalue weighted by Gasteiger charge is 2.42. The average Bonchev–Trinajstić information content (AvgIpc) is 2.25. The third-order valence-corrected chi connectivity index (χ3v) is 2.88. The normalized spacial score (nSPS) is 14.3. The van der Waals surface area contributed by atoms with Crippen molar-refractivity contribution in [2.75, 3.05) is 11.9 Å². The monoisotopic (exact) mass is 339 g/mol. The van der Waals surface area contributed by atoms with E-state index in [9.17, 15) is 13.2 Å². The first-order valence-corrected chi connectivity index (χ1v) is 6.08. The van der Waals surface area contributed by atoms with Crippen LogP contribution in [0.3, 0.4) is 0 Å². The summed E-state index contributed by atoms with van der Waals surface area (Å²) in [5.74, 6) is -2.91. The Hall–Kier alpha value is -1.44. The van der Waals surface area contributed by atoms with Gasteiger partial charge in [-0.3, -0.25) is 0 Å². The van der Waals surface area contributed by atoms with Crippen molar-refractivity contribution in [3.8, 4) is 0 Å². The summed E-state index contributed by atoms with van der Waals surface area (Å²) in [5.41, 5.74) is 6.47. The van der Waals surface area contributed by atoms with Gasteiger partial charge in [0.1, 0.15) is 5.92 Å². The van der Waals surface area contributed by atoms with Gasteiger partial charge < -0.3 is 16.3 Å². The summed E-state index contributed by atoms with van der Waals surface area (Å²) in [6.45, 7) is 1.32. The molecule has 0 radical (unpaired) electrons. The van der Waals surface area contributed by atoms with Gasteiger partial charge in [0, 0.05) is 16.7 Å². The lowest BCUT2D eigenvalue weighted by Crippen LogP contribution is -2.40. The first kappa shape index (κ1) is 15.6. The molecule has 0 aliphatic heterocycles. The van der Waals surface area contributed by atoms with E-state index in [0.29, 0.717) is 5.69 Å². The molecular weight excluding hydrogens is 327 g/mol. The summed E-state index contributed by atoms with van der Waals surface area (Å²) in [7, 11) is 0. The van der Waals surface area contributed by atoms with Crippen molar-refractivity contribution in [2.24, 2.45) is 16.8 Å². The Morgan fingerprint density at radius 3 is 2.58 bits per heavy atom. The van der Waals surface area contributed by atoms with Crippen molar-refractivity contribution >= 4 is 27.5 Å². The Balaban J connectivity index is 2.82. The summed E-state index contributed by atoms with van der Waals surface area (Å²) in [5, 5.41) is 13.4. The Morgan fingerprint density at radius 2 is 2.11 bits per heavy atom. The van der Waals surface area contributed by atoms with E-state index in [4.69, 9.17) is 10.9 Å². The van der Waals surface area contributed by atoms with Gasteiger partial charge in [-0.05, 0) is 30.7 Å². The van der Waals surface area contributed by atoms with Gasteiger partial charge in [-0.25, -0.2) is 0 Å². The van der Waals surface area contributed by atoms with E-state index in [1.54, 1.807) is 12.1 Å². The number of oxime groups is 1. The lowest BCUT2D eigenvalue weighted by atomic mass is 10.1. The fraction of sp³-hybridized carbons (Fsp3) is 0.364. The molecule has 0 fully saturated rings. The highest BCUT2D eigenvalue weighted by atomic mass is 79.9. The molecule has 0 heterocycles. The van der Waals surface area contributed by atoms with Crippen LogP contribution >= 0.6 is 15.9 Å². The van der Waals surface area contributed by atoms with E-state index in [1.165, 1.54) is 0 Å². The van der Waals surface area contributed by atoms with Crippen LogP contribution in [0.4, 0.5) is 18.9 Å². The molecule has 0 aliphatic carbocycles. The number of hydrogen-bond donors (Lipinski definition) is 3. The number of anilines is 1. The van der Waals surface area contributed by atoms with E-state index in [-0.39, 0.29) is 0 Å². The third kappa shape index (κ3) is 4.62. The van der Waals surface area contributed by atoms with Gasteiger partial charge in [0.2, 0.25) is 0 Å². The summed E-state index contributed by atoms with van der Waals surface area (Å²) in [6.07, 6.45) is -4.58. The number of rotatable bonds is 4. The van der Waals surface area contributed by atoms with Crippen LogP contribution in [-0.4, -0.2) is 23.8 Å². The van der Waals surface area contributed by atoms with E-state index < -0.39 is 24.5 Å². The standard InChI is InChI=1S/C11H13BrF3N3O/c1-6-2-7(12)4-8(3-6)17-5-9(10(16)18-19)11(13,14)15/h2-4,9,17,19H,5H2,1H3,(H2,16,18). The molecule has 0 spiro atoms. The van der Waals surface area contributed by atoms with E-state index in [2.05, 4.69) is 26.4 Å². The van der Waals surface area contributed by atoms with Crippen molar-refractivity contribution in [1.29, 1.82) is 0 Å². The van der Waals surface area contributed by atoms with Gasteiger partial charge in [-0.2, -0.15) is 13.2 Å². The molecule has 19 heavy (non-hydrogen) atoms. The van der Waals surface area contributed by atoms with Crippen LogP contribution in [0.2, 0.25) is 0 Å². The number of alkyl halides is 3. The first-order valence-electron chi connectivity index (χ1n) is 5.29. The van der Waals surface area contributed by atoms with Crippen LogP contribution in [0.1, 0.15) is 5.56 Å². The summed E-state index contributed by atoms with van der Waals surface area (Å²) < 4.78 is 38.8. The zero-order chi connectivity index (χ0) is 14.6. The fourth-order valence-corrected chi connectivity index (χ4v) is 2.12. The maximum atomic E-state index is 12.7. The van der Waals surface area contributed by atoms with Crippen LogP contribution in [0.15, 0.2) is 27.8 Å². The number of amidine groups is 1. The third-order valence-electron chi connectivity index (χ3n) is 2.42. The topological polar surface area (TPSA) is 70.6 Å². The second-order valence-corrected chi connectivity index (χ2v) is 4.93. The van der Waals surface area contributed by atoms with Crippen LogP contribution in [-0.2, 0) is 0 Å². The molecule has 4 N–H and O–H groups in total. The minimum Gasteiger partial charge on any atom is -0.409 e. The maximum Gasteiger partial charge on any atom is 0.400 e. The summed E-state index contributed by atoms with van der Waals surface area (Å²) in [6, 6.07) is 5.17. The van der Waals surface area contributed by atoms with Gasteiger partial charge in [0.25, 0.3) is 0 Å². The number of halogens is 4. The smallest absolute Gasteiger partial charge is 0.400 e. The van der Waals surface area contributed by atoms with Crippen molar-refractivity contribution in [3.05, 3.63) is 28.2 Å². The molecule has 0 saturated carbocycles. The van der Waals surface area contributed by atoms with Gasteiger partial charge >= 0.3 is 6.18 Å². The van der Waals surface area contributed by atoms with Crippen molar-refractivity contribution in [1.82, 2.24) is 0 Å². The number of nitrogens with one attached hydrogen (secondary N) is 1. The number of benzene rings is 1. The zero-order valence-corrected chi connectivity index (χ0v) is 11.6. The van der Waals surface area contributed by atoms with Crippen molar-refractivity contribution < 1.29 is 18.4 Å². The van der Waals surface area contributed by atoms with Gasteiger partial charge in [-0.1, -0.05) is 21.1 Å². The number of nitrogens with zero attached hydrogens (tertiary/aromatic N) is 1. The number of aryl methyl sites for hydroxylation is 1. The first-order chi connectivity index (χ1) is 8.74. The molecule has 0 aromatic heterocycles. The lowest BCUT2D eigenvalue weighted by Gasteiger charge is -2.20. The molecule has 106 valence electrons. The van der Waals surface area contributed by atoms with Gasteiger partial charge in [-0.15, -0.1) is 0 Å².